The Labute approximate surface area is 125 Å². The highest BCUT2D eigenvalue weighted by atomic mass is 16.5. The summed E-state index contributed by atoms with van der Waals surface area (Å²) in [5.74, 6) is -2.42. The standard InChI is InChI=1S/C15H25NO5/c1-3-21-15(20)10(2)9-12(14(18)19)16-13(17)11-7-5-4-6-8-11/h10-12H,3-9H2,1-2H3,(H,16,17)(H,18,19)/t10-,12-/m0/s1. The molecule has 1 amide bonds. The zero-order chi connectivity index (χ0) is 15.8. The molecule has 0 aromatic heterocycles. The van der Waals surface area contributed by atoms with Gasteiger partial charge in [0.05, 0.1) is 12.5 Å². The van der Waals surface area contributed by atoms with E-state index >= 15 is 0 Å². The van der Waals surface area contributed by atoms with Crippen LogP contribution in [0.25, 0.3) is 0 Å². The van der Waals surface area contributed by atoms with E-state index in [4.69, 9.17) is 4.74 Å². The SMILES string of the molecule is CCOC(=O)[C@@H](C)C[C@H](NC(=O)C1CCCCC1)C(=O)O. The van der Waals surface area contributed by atoms with Crippen molar-refractivity contribution in [1.29, 1.82) is 0 Å². The van der Waals surface area contributed by atoms with E-state index in [1.54, 1.807) is 13.8 Å². The highest BCUT2D eigenvalue weighted by Gasteiger charge is 2.29. The molecule has 21 heavy (non-hydrogen) atoms. The third-order valence-corrected chi connectivity index (χ3v) is 3.87. The summed E-state index contributed by atoms with van der Waals surface area (Å²) in [6.07, 6.45) is 4.82. The Hall–Kier alpha value is -1.59. The second-order valence-corrected chi connectivity index (χ2v) is 5.62. The van der Waals surface area contributed by atoms with Crippen LogP contribution in [0.3, 0.4) is 0 Å². The van der Waals surface area contributed by atoms with Crippen molar-refractivity contribution in [3.05, 3.63) is 0 Å². The number of carbonyl (C=O) groups excluding carboxylic acids is 2. The number of rotatable bonds is 7. The topological polar surface area (TPSA) is 92.7 Å². The van der Waals surface area contributed by atoms with Crippen LogP contribution in [0.2, 0.25) is 0 Å². The van der Waals surface area contributed by atoms with Crippen LogP contribution in [-0.4, -0.2) is 35.6 Å². The van der Waals surface area contributed by atoms with Gasteiger partial charge in [0.15, 0.2) is 0 Å². The van der Waals surface area contributed by atoms with Gasteiger partial charge in [-0.3, -0.25) is 9.59 Å². The van der Waals surface area contributed by atoms with E-state index in [1.807, 2.05) is 0 Å². The number of amides is 1. The number of hydrogen-bond donors (Lipinski definition) is 2. The molecule has 1 rings (SSSR count). The number of carboxylic acids is 1. The Balaban J connectivity index is 2.54. The van der Waals surface area contributed by atoms with Gasteiger partial charge in [-0.1, -0.05) is 26.2 Å². The third kappa shape index (κ3) is 5.73. The summed E-state index contributed by atoms with van der Waals surface area (Å²) in [4.78, 5) is 34.9. The fourth-order valence-corrected chi connectivity index (χ4v) is 2.61. The Morgan fingerprint density at radius 2 is 1.86 bits per heavy atom. The molecule has 6 nitrogen and oxygen atoms in total. The van der Waals surface area contributed by atoms with Gasteiger partial charge < -0.3 is 15.2 Å². The molecule has 0 aromatic rings. The van der Waals surface area contributed by atoms with E-state index in [9.17, 15) is 19.5 Å². The predicted molar refractivity (Wildman–Crippen MR) is 76.6 cm³/mol. The van der Waals surface area contributed by atoms with Crippen molar-refractivity contribution < 1.29 is 24.2 Å². The Bertz CT molecular complexity index is 376. The van der Waals surface area contributed by atoms with E-state index in [2.05, 4.69) is 5.32 Å². The molecule has 120 valence electrons. The number of esters is 1. The first-order valence-electron chi connectivity index (χ1n) is 7.65. The first kappa shape index (κ1) is 17.5. The zero-order valence-corrected chi connectivity index (χ0v) is 12.8. The molecule has 2 N–H and O–H groups in total. The van der Waals surface area contributed by atoms with Gasteiger partial charge in [-0.15, -0.1) is 0 Å². The molecule has 2 atom stereocenters. The quantitative estimate of drug-likeness (QED) is 0.698. The normalized spacial score (nSPS) is 18.6. The molecule has 0 saturated heterocycles. The molecule has 1 aliphatic rings. The van der Waals surface area contributed by atoms with E-state index in [0.717, 1.165) is 32.1 Å². The lowest BCUT2D eigenvalue weighted by Gasteiger charge is -2.24. The number of hydrogen-bond acceptors (Lipinski definition) is 4. The van der Waals surface area contributed by atoms with Gasteiger partial charge >= 0.3 is 11.9 Å². The Morgan fingerprint density at radius 3 is 2.38 bits per heavy atom. The lowest BCUT2D eigenvalue weighted by Crippen LogP contribution is -2.45. The van der Waals surface area contributed by atoms with Gasteiger partial charge in [0, 0.05) is 5.92 Å². The van der Waals surface area contributed by atoms with Crippen molar-refractivity contribution in [2.45, 2.75) is 58.4 Å². The fourth-order valence-electron chi connectivity index (χ4n) is 2.61. The molecule has 0 unspecified atom stereocenters. The summed E-state index contributed by atoms with van der Waals surface area (Å²) in [5, 5.41) is 11.8. The molecule has 0 aromatic carbocycles. The fraction of sp³-hybridized carbons (Fsp3) is 0.800. The molecule has 1 aliphatic carbocycles. The van der Waals surface area contributed by atoms with Crippen molar-refractivity contribution in [3.63, 3.8) is 0 Å². The minimum absolute atomic E-state index is 0.0482. The molecule has 6 heteroatoms. The molecule has 0 bridgehead atoms. The lowest BCUT2D eigenvalue weighted by atomic mass is 9.88. The van der Waals surface area contributed by atoms with Crippen molar-refractivity contribution in [2.75, 3.05) is 6.61 Å². The summed E-state index contributed by atoms with van der Waals surface area (Å²) in [5.41, 5.74) is 0. The minimum atomic E-state index is -1.12. The van der Waals surface area contributed by atoms with Crippen molar-refractivity contribution >= 4 is 17.8 Å². The largest absolute Gasteiger partial charge is 0.480 e. The molecule has 0 spiro atoms. The van der Waals surface area contributed by atoms with Crippen LogP contribution in [0.5, 0.6) is 0 Å². The highest BCUT2D eigenvalue weighted by molar-refractivity contribution is 5.85. The lowest BCUT2D eigenvalue weighted by molar-refractivity contribution is -0.149. The number of nitrogens with one attached hydrogen (secondary N) is 1. The smallest absolute Gasteiger partial charge is 0.326 e. The first-order chi connectivity index (χ1) is 9.95. The molecule has 1 fully saturated rings. The Kier molecular flexibility index (Phi) is 7.19. The van der Waals surface area contributed by atoms with Crippen LogP contribution < -0.4 is 5.32 Å². The van der Waals surface area contributed by atoms with Crippen LogP contribution in [0.15, 0.2) is 0 Å². The highest BCUT2D eigenvalue weighted by Crippen LogP contribution is 2.24. The second kappa shape index (κ2) is 8.64. The van der Waals surface area contributed by atoms with Gasteiger partial charge in [-0.2, -0.15) is 0 Å². The summed E-state index contributed by atoms with van der Waals surface area (Å²) in [6.45, 7) is 3.57. The number of carbonyl (C=O) groups is 3. The molecular formula is C15H25NO5. The minimum Gasteiger partial charge on any atom is -0.480 e. The van der Waals surface area contributed by atoms with E-state index < -0.39 is 23.9 Å². The maximum Gasteiger partial charge on any atom is 0.326 e. The number of carboxylic acid groups (broad SMARTS) is 1. The summed E-state index contributed by atoms with van der Waals surface area (Å²) in [6, 6.07) is -1.04. The van der Waals surface area contributed by atoms with E-state index in [0.29, 0.717) is 0 Å². The summed E-state index contributed by atoms with van der Waals surface area (Å²) in [7, 11) is 0. The molecule has 0 aliphatic heterocycles. The van der Waals surface area contributed by atoms with Crippen molar-refractivity contribution in [2.24, 2.45) is 11.8 Å². The zero-order valence-electron chi connectivity index (χ0n) is 12.8. The van der Waals surface area contributed by atoms with Crippen molar-refractivity contribution in [3.8, 4) is 0 Å². The van der Waals surface area contributed by atoms with Crippen LogP contribution >= 0.6 is 0 Å². The number of aliphatic carboxylic acids is 1. The first-order valence-corrected chi connectivity index (χ1v) is 7.65. The maximum atomic E-state index is 12.1. The van der Waals surface area contributed by atoms with E-state index in [1.165, 1.54) is 0 Å². The van der Waals surface area contributed by atoms with Crippen LogP contribution in [0.4, 0.5) is 0 Å². The third-order valence-electron chi connectivity index (χ3n) is 3.87. The maximum absolute atomic E-state index is 12.1. The van der Waals surface area contributed by atoms with Gasteiger partial charge in [0.2, 0.25) is 5.91 Å². The van der Waals surface area contributed by atoms with Crippen LogP contribution in [0.1, 0.15) is 52.4 Å². The van der Waals surface area contributed by atoms with Gasteiger partial charge in [-0.25, -0.2) is 4.79 Å². The number of ether oxygens (including phenoxy) is 1. The average molecular weight is 299 g/mol. The molecular weight excluding hydrogens is 274 g/mol. The molecule has 0 radical (unpaired) electrons. The van der Waals surface area contributed by atoms with Crippen LogP contribution in [-0.2, 0) is 19.1 Å². The second-order valence-electron chi connectivity index (χ2n) is 5.62. The predicted octanol–water partition coefficient (Wildman–Crippen LogP) is 1.73. The van der Waals surface area contributed by atoms with Crippen LogP contribution in [0, 0.1) is 11.8 Å². The summed E-state index contributed by atoms with van der Waals surface area (Å²) < 4.78 is 4.86. The Morgan fingerprint density at radius 1 is 1.24 bits per heavy atom. The molecule has 0 heterocycles. The molecule has 1 saturated carbocycles. The monoisotopic (exact) mass is 299 g/mol. The average Bonchev–Trinajstić information content (AvgIpc) is 2.47. The van der Waals surface area contributed by atoms with Gasteiger partial charge in [0.1, 0.15) is 6.04 Å². The van der Waals surface area contributed by atoms with Gasteiger partial charge in [0.25, 0.3) is 0 Å². The summed E-state index contributed by atoms with van der Waals surface area (Å²) >= 11 is 0. The van der Waals surface area contributed by atoms with Gasteiger partial charge in [-0.05, 0) is 26.2 Å². The van der Waals surface area contributed by atoms with E-state index in [-0.39, 0.29) is 24.9 Å². The van der Waals surface area contributed by atoms with Crippen molar-refractivity contribution in [1.82, 2.24) is 5.32 Å².